The third-order valence-electron chi connectivity index (χ3n) is 5.61. The molecule has 0 unspecified atom stereocenters. The topological polar surface area (TPSA) is 90.4 Å². The van der Waals surface area contributed by atoms with Crippen LogP contribution in [-0.4, -0.2) is 93.1 Å². The molecule has 2 rings (SSSR count). The maximum Gasteiger partial charge on any atom is 0.247 e. The van der Waals surface area contributed by atoms with Crippen LogP contribution in [0.2, 0.25) is 0 Å². The highest BCUT2D eigenvalue weighted by atomic mass is 32.2. The molecule has 1 amide bonds. The van der Waals surface area contributed by atoms with Gasteiger partial charge in [-0.05, 0) is 45.6 Å². The zero-order chi connectivity index (χ0) is 24.8. The molecular weight excluding hydrogens is 442 g/mol. The molecule has 33 heavy (non-hydrogen) atoms. The van der Waals surface area contributed by atoms with Gasteiger partial charge in [-0.25, -0.2) is 8.42 Å². The van der Waals surface area contributed by atoms with Crippen molar-refractivity contribution < 1.29 is 23.1 Å². The number of carbonyl (C=O) groups excluding carboxylic acids is 1. The highest BCUT2D eigenvalue weighted by Gasteiger charge is 2.38. The van der Waals surface area contributed by atoms with Crippen LogP contribution in [0.4, 0.5) is 0 Å². The van der Waals surface area contributed by atoms with E-state index >= 15 is 0 Å². The molecule has 1 aromatic carbocycles. The number of aliphatic hydroxyl groups excluding tert-OH is 1. The largest absolute Gasteiger partial charge is 0.487 e. The molecule has 1 heterocycles. The lowest BCUT2D eigenvalue weighted by atomic mass is 10.0. The van der Waals surface area contributed by atoms with Gasteiger partial charge in [0.15, 0.2) is 0 Å². The smallest absolute Gasteiger partial charge is 0.247 e. The fourth-order valence-electron chi connectivity index (χ4n) is 3.57. The molecule has 0 radical (unpaired) electrons. The quantitative estimate of drug-likeness (QED) is 0.598. The van der Waals surface area contributed by atoms with Crippen molar-refractivity contribution in [1.29, 1.82) is 0 Å². The minimum Gasteiger partial charge on any atom is -0.487 e. The Kier molecular flexibility index (Phi) is 9.73. The van der Waals surface area contributed by atoms with E-state index < -0.39 is 22.2 Å². The second-order valence-corrected chi connectivity index (χ2v) is 10.8. The number of fused-ring (bicyclic) bond motifs is 1. The number of amides is 1. The van der Waals surface area contributed by atoms with Crippen molar-refractivity contribution in [2.45, 2.75) is 50.7 Å². The van der Waals surface area contributed by atoms with Gasteiger partial charge in [0.25, 0.3) is 0 Å². The number of benzene rings is 1. The van der Waals surface area contributed by atoms with E-state index in [4.69, 9.17) is 4.74 Å². The maximum atomic E-state index is 13.5. The first-order valence-corrected chi connectivity index (χ1v) is 12.8. The summed E-state index contributed by atoms with van der Waals surface area (Å²) in [5, 5.41) is 9.74. The number of hydrogen-bond donors (Lipinski definition) is 1. The molecule has 1 aliphatic rings. The fraction of sp³-hybridized carbons (Fsp3) is 0.625. The first kappa shape index (κ1) is 27.1. The van der Waals surface area contributed by atoms with Crippen molar-refractivity contribution in [3.63, 3.8) is 0 Å². The Morgan fingerprint density at radius 3 is 2.64 bits per heavy atom. The average Bonchev–Trinajstić information content (AvgIpc) is 2.75. The van der Waals surface area contributed by atoms with E-state index in [-0.39, 0.29) is 42.2 Å². The molecule has 184 valence electrons. The zero-order valence-corrected chi connectivity index (χ0v) is 21.4. The third kappa shape index (κ3) is 6.93. The van der Waals surface area contributed by atoms with Crippen molar-refractivity contribution in [1.82, 2.24) is 14.1 Å². The standard InChI is InChI=1S/C24H37N3O5S/c1-7-8-9-10-20-11-12-23-21(13-20)32-22(15-26(6)24(29)16-25(4)5)18(2)14-27(19(3)17-28)33(23,30)31/h11-13,18-19,22,28H,7-8,14-17H2,1-6H3/t18-,19-,22+/m0/s1. The van der Waals surface area contributed by atoms with Gasteiger partial charge in [0.2, 0.25) is 15.9 Å². The highest BCUT2D eigenvalue weighted by molar-refractivity contribution is 7.89. The molecule has 1 aromatic rings. The zero-order valence-electron chi connectivity index (χ0n) is 20.5. The van der Waals surface area contributed by atoms with Crippen molar-refractivity contribution >= 4 is 15.9 Å². The number of aliphatic hydroxyl groups is 1. The van der Waals surface area contributed by atoms with Crippen LogP contribution in [-0.2, 0) is 14.8 Å². The van der Waals surface area contributed by atoms with E-state index in [1.54, 1.807) is 35.9 Å². The van der Waals surface area contributed by atoms with Crippen molar-refractivity contribution in [3.8, 4) is 17.6 Å². The Balaban J connectivity index is 2.50. The summed E-state index contributed by atoms with van der Waals surface area (Å²) < 4.78 is 34.6. The minimum absolute atomic E-state index is 0.0445. The molecule has 0 spiro atoms. The summed E-state index contributed by atoms with van der Waals surface area (Å²) in [7, 11) is 1.48. The van der Waals surface area contributed by atoms with Gasteiger partial charge in [-0.3, -0.25) is 4.79 Å². The summed E-state index contributed by atoms with van der Waals surface area (Å²) in [6.07, 6.45) is 1.24. The number of carbonyl (C=O) groups is 1. The molecular formula is C24H37N3O5S. The summed E-state index contributed by atoms with van der Waals surface area (Å²) in [6.45, 7) is 6.07. The lowest BCUT2D eigenvalue weighted by Gasteiger charge is -2.37. The number of sulfonamides is 1. The third-order valence-corrected chi connectivity index (χ3v) is 7.63. The molecule has 0 aliphatic carbocycles. The van der Waals surface area contributed by atoms with Crippen molar-refractivity contribution in [2.24, 2.45) is 5.92 Å². The average molecular weight is 480 g/mol. The Bertz CT molecular complexity index is 984. The van der Waals surface area contributed by atoms with Gasteiger partial charge in [-0.2, -0.15) is 4.31 Å². The van der Waals surface area contributed by atoms with Crippen LogP contribution >= 0.6 is 0 Å². The van der Waals surface area contributed by atoms with Gasteiger partial charge in [-0.15, -0.1) is 0 Å². The first-order chi connectivity index (χ1) is 15.5. The van der Waals surface area contributed by atoms with E-state index in [0.717, 1.165) is 12.8 Å². The van der Waals surface area contributed by atoms with E-state index in [1.807, 2.05) is 27.9 Å². The summed E-state index contributed by atoms with van der Waals surface area (Å²) >= 11 is 0. The normalized spacial score (nSPS) is 21.1. The van der Waals surface area contributed by atoms with Crippen molar-refractivity contribution in [2.75, 3.05) is 47.4 Å². The Morgan fingerprint density at radius 2 is 2.03 bits per heavy atom. The van der Waals surface area contributed by atoms with Crippen LogP contribution in [0, 0.1) is 17.8 Å². The summed E-state index contributed by atoms with van der Waals surface area (Å²) in [4.78, 5) is 16.0. The monoisotopic (exact) mass is 479 g/mol. The summed E-state index contributed by atoms with van der Waals surface area (Å²) in [6, 6.07) is 4.26. The number of likely N-dealkylation sites (N-methyl/N-ethyl adjacent to an activating group) is 2. The molecule has 1 aliphatic heterocycles. The number of rotatable bonds is 7. The van der Waals surface area contributed by atoms with Crippen molar-refractivity contribution in [3.05, 3.63) is 23.8 Å². The number of hydrogen-bond acceptors (Lipinski definition) is 6. The minimum atomic E-state index is -3.90. The summed E-state index contributed by atoms with van der Waals surface area (Å²) in [5.74, 6) is 6.07. The lowest BCUT2D eigenvalue weighted by Crippen LogP contribution is -2.50. The molecule has 8 nitrogen and oxygen atoms in total. The predicted molar refractivity (Wildman–Crippen MR) is 128 cm³/mol. The molecule has 0 saturated carbocycles. The molecule has 0 saturated heterocycles. The first-order valence-electron chi connectivity index (χ1n) is 11.3. The Hall–Kier alpha value is -2.12. The number of nitrogens with zero attached hydrogens (tertiary/aromatic N) is 3. The van der Waals surface area contributed by atoms with Crippen LogP contribution in [0.3, 0.4) is 0 Å². The van der Waals surface area contributed by atoms with Gasteiger partial charge >= 0.3 is 0 Å². The van der Waals surface area contributed by atoms with E-state index in [9.17, 15) is 18.3 Å². The lowest BCUT2D eigenvalue weighted by molar-refractivity contribution is -0.132. The molecule has 9 heteroatoms. The highest BCUT2D eigenvalue weighted by Crippen LogP contribution is 2.34. The van der Waals surface area contributed by atoms with Crippen LogP contribution in [0.1, 0.15) is 39.2 Å². The molecule has 0 aromatic heterocycles. The van der Waals surface area contributed by atoms with E-state index in [2.05, 4.69) is 11.8 Å². The summed E-state index contributed by atoms with van der Waals surface area (Å²) in [5.41, 5.74) is 0.670. The van der Waals surface area contributed by atoms with Gasteiger partial charge in [0.1, 0.15) is 16.7 Å². The molecule has 0 fully saturated rings. The van der Waals surface area contributed by atoms with Gasteiger partial charge in [0, 0.05) is 37.5 Å². The van der Waals surface area contributed by atoms with Gasteiger partial charge in [-0.1, -0.05) is 25.7 Å². The Labute approximate surface area is 198 Å². The maximum absolute atomic E-state index is 13.5. The number of unbranched alkanes of at least 4 members (excludes halogenated alkanes) is 1. The second-order valence-electron chi connectivity index (χ2n) is 8.97. The Morgan fingerprint density at radius 1 is 1.33 bits per heavy atom. The van der Waals surface area contributed by atoms with Crippen LogP contribution < -0.4 is 4.74 Å². The SMILES string of the molecule is CCCC#Cc1ccc2c(c1)O[C@H](CN(C)C(=O)CN(C)C)[C@@H](C)CN([C@@H](C)CO)S2(=O)=O. The van der Waals surface area contributed by atoms with E-state index in [0.29, 0.717) is 12.1 Å². The predicted octanol–water partition coefficient (Wildman–Crippen LogP) is 1.63. The van der Waals surface area contributed by atoms with Gasteiger partial charge in [0.05, 0.1) is 19.7 Å². The van der Waals surface area contributed by atoms with Crippen LogP contribution in [0.15, 0.2) is 23.1 Å². The molecule has 3 atom stereocenters. The second kappa shape index (κ2) is 11.8. The van der Waals surface area contributed by atoms with Gasteiger partial charge < -0.3 is 19.6 Å². The van der Waals surface area contributed by atoms with E-state index in [1.165, 1.54) is 10.4 Å². The number of ether oxygens (including phenoxy) is 1. The van der Waals surface area contributed by atoms with Crippen LogP contribution in [0.5, 0.6) is 5.75 Å². The molecule has 0 bridgehead atoms. The fourth-order valence-corrected chi connectivity index (χ4v) is 5.40. The molecule has 1 N–H and O–H groups in total. The van der Waals surface area contributed by atoms with Crippen LogP contribution in [0.25, 0.3) is 0 Å².